The van der Waals surface area contributed by atoms with Gasteiger partial charge in [-0.15, -0.1) is 11.8 Å². The van der Waals surface area contributed by atoms with Crippen molar-refractivity contribution >= 4 is 34.5 Å². The first kappa shape index (κ1) is 26.1. The number of carbonyl (C=O) groups excluding carboxylic acids is 2. The van der Waals surface area contributed by atoms with E-state index in [1.165, 1.54) is 17.8 Å². The van der Waals surface area contributed by atoms with Crippen LogP contribution in [-0.2, 0) is 23.8 Å². The van der Waals surface area contributed by atoms with E-state index >= 15 is 0 Å². The molecule has 0 aliphatic carbocycles. The Hall–Kier alpha value is -2.48. The van der Waals surface area contributed by atoms with E-state index in [1.807, 2.05) is 19.1 Å². The molecule has 4 aliphatic rings. The lowest BCUT2D eigenvalue weighted by molar-refractivity contribution is -0.247. The van der Waals surface area contributed by atoms with Gasteiger partial charge in [-0.1, -0.05) is 0 Å². The molecule has 0 radical (unpaired) electrons. The number of hydrogen-bond acceptors (Lipinski definition) is 10. The van der Waals surface area contributed by atoms with Crippen molar-refractivity contribution in [3.05, 3.63) is 40.2 Å². The van der Waals surface area contributed by atoms with E-state index in [9.17, 15) is 24.6 Å². The van der Waals surface area contributed by atoms with Crippen molar-refractivity contribution in [3.8, 4) is 0 Å². The molecule has 2 aromatic rings. The van der Waals surface area contributed by atoms with Crippen LogP contribution < -0.4 is 16.3 Å². The van der Waals surface area contributed by atoms with Crippen LogP contribution in [0.3, 0.4) is 0 Å². The van der Waals surface area contributed by atoms with Crippen LogP contribution in [0, 0.1) is 12.8 Å². The normalized spacial score (nSPS) is 34.1. The minimum Gasteiger partial charge on any atom is -0.423 e. The summed E-state index contributed by atoms with van der Waals surface area (Å²) in [5.41, 5.74) is -4.95. The molecule has 4 N–H and O–H groups in total. The van der Waals surface area contributed by atoms with Gasteiger partial charge in [0.15, 0.2) is 5.79 Å². The molecule has 4 fully saturated rings. The van der Waals surface area contributed by atoms with Crippen LogP contribution in [0.4, 0.5) is 0 Å². The third-order valence-corrected chi connectivity index (χ3v) is 8.35. The lowest BCUT2D eigenvalue weighted by atomic mass is 9.83. The number of fused-ring (bicyclic) bond motifs is 6. The molecule has 12 heteroatoms. The lowest BCUT2D eigenvalue weighted by Gasteiger charge is -2.51. The Kier molecular flexibility index (Phi) is 6.21. The highest BCUT2D eigenvalue weighted by Gasteiger charge is 2.66. The van der Waals surface area contributed by atoms with E-state index in [0.29, 0.717) is 5.58 Å². The summed E-state index contributed by atoms with van der Waals surface area (Å²) in [6.07, 6.45) is -1.41. The van der Waals surface area contributed by atoms with E-state index in [-0.39, 0.29) is 25.4 Å². The summed E-state index contributed by atoms with van der Waals surface area (Å²) >= 11 is 1.34. The number of rotatable bonds is 5. The molecule has 0 saturated carbocycles. The van der Waals surface area contributed by atoms with E-state index in [2.05, 4.69) is 10.6 Å². The molecule has 37 heavy (non-hydrogen) atoms. The first-order chi connectivity index (χ1) is 17.3. The molecular weight excluding hydrogens is 504 g/mol. The standard InChI is InChI=1S/C25H30N2O9S/c1-13-9-18(28)35-17-10-15(5-6-16(13)17)37-11-14-7-8-33-25(21(31)26-24(14,32)20(30)27-25)19(29)23(4)12-34-22(2,3)36-23/h5-6,9-10,14,19,29,32H,7-8,11-12H2,1-4H3,(H,26,31)(H,27,30)/t14?,19-,23-,24+,25-/m0/s1. The summed E-state index contributed by atoms with van der Waals surface area (Å²) in [5.74, 6) is -3.26. The molecule has 4 aliphatic heterocycles. The number of aliphatic hydroxyl groups excluding tert-OH is 1. The maximum atomic E-state index is 13.3. The van der Waals surface area contributed by atoms with E-state index in [4.69, 9.17) is 18.6 Å². The van der Waals surface area contributed by atoms with Gasteiger partial charge in [-0.05, 0) is 57.9 Å². The zero-order valence-corrected chi connectivity index (χ0v) is 21.8. The number of nitrogens with one attached hydrogen (secondary N) is 2. The monoisotopic (exact) mass is 534 g/mol. The number of benzene rings is 1. The highest BCUT2D eigenvalue weighted by atomic mass is 32.2. The van der Waals surface area contributed by atoms with Crippen molar-refractivity contribution in [2.24, 2.45) is 5.92 Å². The number of amides is 2. The van der Waals surface area contributed by atoms with Crippen molar-refractivity contribution in [2.75, 3.05) is 19.0 Å². The smallest absolute Gasteiger partial charge is 0.336 e. The molecule has 6 rings (SSSR count). The summed E-state index contributed by atoms with van der Waals surface area (Å²) in [6.45, 7) is 6.68. The molecule has 2 bridgehead atoms. The Morgan fingerprint density at radius 1 is 1.11 bits per heavy atom. The first-order valence-corrected chi connectivity index (χ1v) is 13.0. The van der Waals surface area contributed by atoms with Gasteiger partial charge in [0.1, 0.15) is 17.3 Å². The van der Waals surface area contributed by atoms with Gasteiger partial charge in [-0.25, -0.2) is 4.79 Å². The Morgan fingerprint density at radius 2 is 1.86 bits per heavy atom. The predicted molar refractivity (Wildman–Crippen MR) is 131 cm³/mol. The number of hydrogen-bond donors (Lipinski definition) is 4. The fourth-order valence-electron chi connectivity index (χ4n) is 5.17. The van der Waals surface area contributed by atoms with Gasteiger partial charge >= 0.3 is 5.63 Å². The van der Waals surface area contributed by atoms with Crippen LogP contribution >= 0.6 is 11.8 Å². The van der Waals surface area contributed by atoms with Gasteiger partial charge in [-0.2, -0.15) is 0 Å². The Labute approximate surface area is 216 Å². The van der Waals surface area contributed by atoms with Gasteiger partial charge in [0.2, 0.25) is 5.72 Å². The summed E-state index contributed by atoms with van der Waals surface area (Å²) in [5, 5.41) is 28.3. The van der Waals surface area contributed by atoms with Gasteiger partial charge in [-0.3, -0.25) is 9.59 Å². The third-order valence-electron chi connectivity index (χ3n) is 7.20. The quantitative estimate of drug-likeness (QED) is 0.319. The zero-order chi connectivity index (χ0) is 26.8. The Balaban J connectivity index is 1.36. The van der Waals surface area contributed by atoms with E-state index in [0.717, 1.165) is 15.8 Å². The predicted octanol–water partition coefficient (Wildman–Crippen LogP) is 0.763. The van der Waals surface area contributed by atoms with E-state index in [1.54, 1.807) is 26.8 Å². The number of thioether (sulfide) groups is 1. The second-order valence-electron chi connectivity index (χ2n) is 10.5. The first-order valence-electron chi connectivity index (χ1n) is 12.0. The van der Waals surface area contributed by atoms with Crippen LogP contribution in [0.1, 0.15) is 32.8 Å². The second kappa shape index (κ2) is 8.79. The molecule has 0 spiro atoms. The van der Waals surface area contributed by atoms with Gasteiger partial charge in [0.05, 0.1) is 13.2 Å². The summed E-state index contributed by atoms with van der Waals surface area (Å²) < 4.78 is 22.6. The SMILES string of the molecule is Cc1cc(=O)oc2cc(SCC3CCO[C@]4([C@@H](O)[C@]5(C)COC(C)(C)O5)NC(=O)[C@@]3(O)NC4=O)ccc12. The maximum Gasteiger partial charge on any atom is 0.336 e. The minimum atomic E-state index is -2.22. The van der Waals surface area contributed by atoms with Crippen LogP contribution in [0.25, 0.3) is 11.0 Å². The van der Waals surface area contributed by atoms with E-state index < -0.39 is 52.3 Å². The van der Waals surface area contributed by atoms with Crippen molar-refractivity contribution in [1.29, 1.82) is 0 Å². The molecule has 200 valence electrons. The molecule has 4 saturated heterocycles. The van der Waals surface area contributed by atoms with Gasteiger partial charge < -0.3 is 39.5 Å². The maximum absolute atomic E-state index is 13.3. The number of ether oxygens (including phenoxy) is 3. The van der Waals surface area contributed by atoms with Gasteiger partial charge in [0.25, 0.3) is 17.5 Å². The summed E-state index contributed by atoms with van der Waals surface area (Å²) in [7, 11) is 0. The molecule has 1 aromatic heterocycles. The molecular formula is C25H30N2O9S. The van der Waals surface area contributed by atoms with Crippen molar-refractivity contribution in [1.82, 2.24) is 10.6 Å². The second-order valence-corrected chi connectivity index (χ2v) is 11.6. The highest BCUT2D eigenvalue weighted by molar-refractivity contribution is 7.99. The molecule has 5 atom stereocenters. The van der Waals surface area contributed by atoms with Crippen LogP contribution in [0.5, 0.6) is 0 Å². The summed E-state index contributed by atoms with van der Waals surface area (Å²) in [4.78, 5) is 39.1. The van der Waals surface area contributed by atoms with Crippen molar-refractivity contribution in [2.45, 2.75) is 68.0 Å². The largest absolute Gasteiger partial charge is 0.423 e. The molecule has 5 heterocycles. The van der Waals surface area contributed by atoms with Crippen molar-refractivity contribution < 1.29 is 38.4 Å². The number of piperazine rings is 1. The Morgan fingerprint density at radius 3 is 2.57 bits per heavy atom. The van der Waals surface area contributed by atoms with Crippen LogP contribution in [-0.4, -0.2) is 69.9 Å². The van der Waals surface area contributed by atoms with Crippen molar-refractivity contribution in [3.63, 3.8) is 0 Å². The zero-order valence-electron chi connectivity index (χ0n) is 21.0. The minimum absolute atomic E-state index is 0.0234. The number of aliphatic hydroxyl groups is 2. The summed E-state index contributed by atoms with van der Waals surface area (Å²) in [6, 6.07) is 6.85. The van der Waals surface area contributed by atoms with Gasteiger partial charge in [0, 0.05) is 28.0 Å². The highest BCUT2D eigenvalue weighted by Crippen LogP contribution is 2.41. The third kappa shape index (κ3) is 4.35. The van der Waals surface area contributed by atoms with Crippen LogP contribution in [0.2, 0.25) is 0 Å². The lowest BCUT2D eigenvalue weighted by Crippen LogP contribution is -2.83. The fraction of sp³-hybridized carbons (Fsp3) is 0.560. The molecule has 11 nitrogen and oxygen atoms in total. The average Bonchev–Trinajstić information content (AvgIpc) is 3.11. The Bertz CT molecular complexity index is 1330. The molecule has 1 unspecified atom stereocenters. The molecule has 2 amide bonds. The average molecular weight is 535 g/mol. The number of carbonyl (C=O) groups is 2. The van der Waals surface area contributed by atoms with Crippen LogP contribution in [0.15, 0.2) is 38.4 Å². The number of aryl methyl sites for hydroxylation is 1. The molecule has 1 aromatic carbocycles. The fourth-order valence-corrected chi connectivity index (χ4v) is 6.33. The topological polar surface area (TPSA) is 157 Å².